The molecule has 0 spiro atoms. The molecular formula is C10H10BrF2N. The highest BCUT2D eigenvalue weighted by Crippen LogP contribution is 2.29. The van der Waals surface area contributed by atoms with Crippen molar-refractivity contribution in [3.63, 3.8) is 0 Å². The molecule has 1 nitrogen and oxygen atoms in total. The summed E-state index contributed by atoms with van der Waals surface area (Å²) in [7, 11) is 0. The molecule has 0 radical (unpaired) electrons. The third-order valence-corrected chi connectivity index (χ3v) is 2.91. The van der Waals surface area contributed by atoms with E-state index in [9.17, 15) is 8.78 Å². The summed E-state index contributed by atoms with van der Waals surface area (Å²) < 4.78 is 27.0. The Morgan fingerprint density at radius 2 is 2.14 bits per heavy atom. The smallest absolute Gasteiger partial charge is 0.163 e. The predicted molar refractivity (Wildman–Crippen MR) is 54.0 cm³/mol. The number of hydrogen-bond acceptors (Lipinski definition) is 1. The van der Waals surface area contributed by atoms with Gasteiger partial charge in [0, 0.05) is 16.1 Å². The van der Waals surface area contributed by atoms with E-state index >= 15 is 0 Å². The monoisotopic (exact) mass is 261 g/mol. The van der Waals surface area contributed by atoms with Crippen molar-refractivity contribution >= 4 is 15.9 Å². The number of rotatable bonds is 1. The Labute approximate surface area is 89.6 Å². The van der Waals surface area contributed by atoms with Gasteiger partial charge >= 0.3 is 0 Å². The molecule has 1 atom stereocenters. The van der Waals surface area contributed by atoms with Gasteiger partial charge in [0.25, 0.3) is 0 Å². The van der Waals surface area contributed by atoms with Crippen LogP contribution in [-0.2, 0) is 0 Å². The van der Waals surface area contributed by atoms with Crippen molar-refractivity contribution in [2.75, 3.05) is 6.54 Å². The average molecular weight is 262 g/mol. The lowest BCUT2D eigenvalue weighted by Gasteiger charge is -2.12. The first kappa shape index (κ1) is 10.1. The normalized spacial score (nSPS) is 21.5. The quantitative estimate of drug-likeness (QED) is 0.766. The third-order valence-electron chi connectivity index (χ3n) is 2.46. The zero-order chi connectivity index (χ0) is 10.1. The number of halogens is 3. The van der Waals surface area contributed by atoms with Crippen LogP contribution in [0.15, 0.2) is 16.6 Å². The maximum absolute atomic E-state index is 13.4. The number of hydrogen-bond donors (Lipinski definition) is 1. The van der Waals surface area contributed by atoms with Gasteiger partial charge in [-0.2, -0.15) is 0 Å². The molecule has 14 heavy (non-hydrogen) atoms. The molecule has 1 unspecified atom stereocenters. The fraction of sp³-hybridized carbons (Fsp3) is 0.400. The van der Waals surface area contributed by atoms with Crippen LogP contribution in [0.3, 0.4) is 0 Å². The van der Waals surface area contributed by atoms with Crippen LogP contribution < -0.4 is 5.32 Å². The maximum atomic E-state index is 13.4. The molecule has 1 heterocycles. The van der Waals surface area contributed by atoms with E-state index < -0.39 is 11.6 Å². The summed E-state index contributed by atoms with van der Waals surface area (Å²) in [6.45, 7) is 0.873. The average Bonchev–Trinajstić information content (AvgIpc) is 2.63. The topological polar surface area (TPSA) is 12.0 Å². The highest BCUT2D eigenvalue weighted by Gasteiger charge is 2.21. The van der Waals surface area contributed by atoms with E-state index in [1.54, 1.807) is 6.07 Å². The van der Waals surface area contributed by atoms with Crippen LogP contribution in [0.2, 0.25) is 0 Å². The second kappa shape index (κ2) is 3.95. The molecule has 1 N–H and O–H groups in total. The molecule has 0 saturated carbocycles. The second-order valence-corrected chi connectivity index (χ2v) is 4.36. The van der Waals surface area contributed by atoms with E-state index in [2.05, 4.69) is 21.2 Å². The van der Waals surface area contributed by atoms with E-state index in [0.717, 1.165) is 25.5 Å². The molecule has 4 heteroatoms. The van der Waals surface area contributed by atoms with Crippen molar-refractivity contribution in [2.24, 2.45) is 0 Å². The minimum atomic E-state index is -0.789. The fourth-order valence-electron chi connectivity index (χ4n) is 1.78. The molecule has 1 saturated heterocycles. The molecule has 1 aromatic carbocycles. The van der Waals surface area contributed by atoms with Gasteiger partial charge in [-0.25, -0.2) is 8.78 Å². The van der Waals surface area contributed by atoms with Crippen molar-refractivity contribution < 1.29 is 8.78 Å². The molecule has 0 aliphatic carbocycles. The second-order valence-electron chi connectivity index (χ2n) is 3.44. The van der Waals surface area contributed by atoms with E-state index in [4.69, 9.17) is 0 Å². The molecule has 1 aromatic rings. The number of benzene rings is 1. The van der Waals surface area contributed by atoms with Crippen molar-refractivity contribution in [2.45, 2.75) is 18.9 Å². The predicted octanol–water partition coefficient (Wildman–Crippen LogP) is 3.15. The summed E-state index contributed by atoms with van der Waals surface area (Å²) in [5.74, 6) is -1.52. The zero-order valence-electron chi connectivity index (χ0n) is 7.49. The first-order chi connectivity index (χ1) is 6.68. The first-order valence-corrected chi connectivity index (χ1v) is 5.35. The summed E-state index contributed by atoms with van der Waals surface area (Å²) in [6.07, 6.45) is 1.88. The van der Waals surface area contributed by atoms with Crippen LogP contribution in [0.25, 0.3) is 0 Å². The summed E-state index contributed by atoms with van der Waals surface area (Å²) in [6, 6.07) is 2.75. The van der Waals surface area contributed by atoms with Gasteiger partial charge in [-0.3, -0.25) is 0 Å². The Morgan fingerprint density at radius 1 is 1.36 bits per heavy atom. The molecule has 0 amide bonds. The van der Waals surface area contributed by atoms with E-state index in [-0.39, 0.29) is 6.04 Å². The molecule has 1 aliphatic rings. The standard InChI is InChI=1S/C10H10BrF2N/c11-6-4-7(9-2-1-3-14-9)10(13)8(12)5-6/h4-5,9,14H,1-3H2. The molecule has 0 aromatic heterocycles. The summed E-state index contributed by atoms with van der Waals surface area (Å²) in [5, 5.41) is 3.14. The Balaban J connectivity index is 2.40. The zero-order valence-corrected chi connectivity index (χ0v) is 9.07. The Morgan fingerprint density at radius 3 is 2.79 bits per heavy atom. The Kier molecular flexibility index (Phi) is 2.83. The lowest BCUT2D eigenvalue weighted by molar-refractivity contribution is 0.480. The Bertz CT molecular complexity index is 348. The summed E-state index contributed by atoms with van der Waals surface area (Å²) >= 11 is 3.16. The van der Waals surface area contributed by atoms with Crippen molar-refractivity contribution in [3.8, 4) is 0 Å². The van der Waals surface area contributed by atoms with Gasteiger partial charge in [0.2, 0.25) is 0 Å². The van der Waals surface area contributed by atoms with Crippen molar-refractivity contribution in [3.05, 3.63) is 33.8 Å². The van der Waals surface area contributed by atoms with Gasteiger partial charge in [-0.1, -0.05) is 15.9 Å². The minimum Gasteiger partial charge on any atom is -0.310 e. The minimum absolute atomic E-state index is 0.0398. The molecular weight excluding hydrogens is 252 g/mol. The highest BCUT2D eigenvalue weighted by atomic mass is 79.9. The van der Waals surface area contributed by atoms with Crippen molar-refractivity contribution in [1.82, 2.24) is 5.32 Å². The number of nitrogens with one attached hydrogen (secondary N) is 1. The highest BCUT2D eigenvalue weighted by molar-refractivity contribution is 9.10. The van der Waals surface area contributed by atoms with Crippen LogP contribution in [-0.4, -0.2) is 6.54 Å². The largest absolute Gasteiger partial charge is 0.310 e. The van der Waals surface area contributed by atoms with E-state index in [1.807, 2.05) is 0 Å². The van der Waals surface area contributed by atoms with Crippen LogP contribution in [0.4, 0.5) is 8.78 Å². The van der Waals surface area contributed by atoms with Gasteiger partial charge in [0.05, 0.1) is 0 Å². The first-order valence-electron chi connectivity index (χ1n) is 4.56. The molecule has 1 aliphatic heterocycles. The lowest BCUT2D eigenvalue weighted by Crippen LogP contribution is -2.15. The van der Waals surface area contributed by atoms with Crippen LogP contribution in [0.5, 0.6) is 0 Å². The maximum Gasteiger partial charge on any atom is 0.163 e. The van der Waals surface area contributed by atoms with Gasteiger partial charge in [0.15, 0.2) is 11.6 Å². The summed E-state index contributed by atoms with van der Waals surface area (Å²) in [5.41, 5.74) is 0.425. The fourth-order valence-corrected chi connectivity index (χ4v) is 2.23. The van der Waals surface area contributed by atoms with Crippen molar-refractivity contribution in [1.29, 1.82) is 0 Å². The van der Waals surface area contributed by atoms with Crippen LogP contribution in [0.1, 0.15) is 24.4 Å². The molecule has 1 fully saturated rings. The Hall–Kier alpha value is -0.480. The molecule has 2 rings (SSSR count). The van der Waals surface area contributed by atoms with E-state index in [0.29, 0.717) is 10.0 Å². The molecule has 76 valence electrons. The molecule has 0 bridgehead atoms. The van der Waals surface area contributed by atoms with Gasteiger partial charge in [-0.05, 0) is 31.5 Å². The third kappa shape index (κ3) is 1.81. The lowest BCUT2D eigenvalue weighted by atomic mass is 10.0. The van der Waals surface area contributed by atoms with Gasteiger partial charge in [0.1, 0.15) is 0 Å². The summed E-state index contributed by atoms with van der Waals surface area (Å²) in [4.78, 5) is 0. The van der Waals surface area contributed by atoms with Crippen LogP contribution >= 0.6 is 15.9 Å². The van der Waals surface area contributed by atoms with Crippen LogP contribution in [0, 0.1) is 11.6 Å². The van der Waals surface area contributed by atoms with Gasteiger partial charge in [-0.15, -0.1) is 0 Å². The van der Waals surface area contributed by atoms with E-state index in [1.165, 1.54) is 0 Å². The SMILES string of the molecule is Fc1cc(Br)cc(C2CCCN2)c1F. The van der Waals surface area contributed by atoms with Gasteiger partial charge < -0.3 is 5.32 Å².